The van der Waals surface area contributed by atoms with Gasteiger partial charge in [0.25, 0.3) is 0 Å². The standard InChI is InChI=1S/C10H18N4OS/c1-7(6-16(4)15)12-10-5-9(11-3)13-8(2)14-10/h5,7H,6H2,1-4H3,(H2,11,12,13,14). The van der Waals surface area contributed by atoms with Crippen LogP contribution < -0.4 is 10.6 Å². The molecule has 0 amide bonds. The number of nitrogens with one attached hydrogen (secondary N) is 2. The Kier molecular flexibility index (Phi) is 4.67. The molecule has 1 aromatic rings. The van der Waals surface area contributed by atoms with Crippen molar-refractivity contribution in [3.05, 3.63) is 11.9 Å². The number of hydrogen-bond donors (Lipinski definition) is 2. The molecule has 90 valence electrons. The van der Waals surface area contributed by atoms with E-state index in [1.807, 2.05) is 27.0 Å². The van der Waals surface area contributed by atoms with E-state index in [0.717, 1.165) is 11.6 Å². The first kappa shape index (κ1) is 12.9. The molecule has 0 fully saturated rings. The Labute approximate surface area is 98.5 Å². The molecule has 0 spiro atoms. The predicted molar refractivity (Wildman–Crippen MR) is 68.3 cm³/mol. The Morgan fingerprint density at radius 1 is 1.44 bits per heavy atom. The Balaban J connectivity index is 2.72. The molecule has 2 unspecified atom stereocenters. The van der Waals surface area contributed by atoms with Crippen molar-refractivity contribution in [1.82, 2.24) is 9.97 Å². The van der Waals surface area contributed by atoms with Crippen molar-refractivity contribution in [3.63, 3.8) is 0 Å². The third-order valence-corrected chi connectivity index (χ3v) is 2.94. The zero-order valence-electron chi connectivity index (χ0n) is 10.1. The average Bonchev–Trinajstić information content (AvgIpc) is 2.14. The Morgan fingerprint density at radius 2 is 2.06 bits per heavy atom. The van der Waals surface area contributed by atoms with Gasteiger partial charge in [0.1, 0.15) is 17.5 Å². The van der Waals surface area contributed by atoms with E-state index in [-0.39, 0.29) is 6.04 Å². The highest BCUT2D eigenvalue weighted by molar-refractivity contribution is 7.84. The van der Waals surface area contributed by atoms with Gasteiger partial charge in [-0.15, -0.1) is 0 Å². The second-order valence-electron chi connectivity index (χ2n) is 3.72. The summed E-state index contributed by atoms with van der Waals surface area (Å²) in [5, 5.41) is 6.18. The maximum Gasteiger partial charge on any atom is 0.132 e. The smallest absolute Gasteiger partial charge is 0.132 e. The molecular weight excluding hydrogens is 224 g/mol. The molecule has 2 N–H and O–H groups in total. The van der Waals surface area contributed by atoms with Crippen LogP contribution in [0.5, 0.6) is 0 Å². The van der Waals surface area contributed by atoms with E-state index >= 15 is 0 Å². The van der Waals surface area contributed by atoms with E-state index in [4.69, 9.17) is 0 Å². The molecule has 6 heteroatoms. The van der Waals surface area contributed by atoms with Gasteiger partial charge in [0, 0.05) is 42.0 Å². The molecule has 16 heavy (non-hydrogen) atoms. The minimum Gasteiger partial charge on any atom is -0.373 e. The van der Waals surface area contributed by atoms with E-state index in [9.17, 15) is 4.21 Å². The van der Waals surface area contributed by atoms with Crippen LogP contribution in [0.25, 0.3) is 0 Å². The molecule has 0 saturated carbocycles. The van der Waals surface area contributed by atoms with Crippen molar-refractivity contribution in [3.8, 4) is 0 Å². The van der Waals surface area contributed by atoms with Gasteiger partial charge in [-0.2, -0.15) is 0 Å². The lowest BCUT2D eigenvalue weighted by molar-refractivity contribution is 0.683. The van der Waals surface area contributed by atoms with Crippen molar-refractivity contribution in [2.24, 2.45) is 0 Å². The lowest BCUT2D eigenvalue weighted by atomic mass is 10.4. The fourth-order valence-corrected chi connectivity index (χ4v) is 2.20. The van der Waals surface area contributed by atoms with Crippen LogP contribution in [0.1, 0.15) is 12.7 Å². The highest BCUT2D eigenvalue weighted by Gasteiger charge is 2.06. The molecule has 5 nitrogen and oxygen atoms in total. The van der Waals surface area contributed by atoms with E-state index in [0.29, 0.717) is 11.6 Å². The summed E-state index contributed by atoms with van der Waals surface area (Å²) in [6.45, 7) is 3.83. The first-order chi connectivity index (χ1) is 7.51. The van der Waals surface area contributed by atoms with Gasteiger partial charge in [0.2, 0.25) is 0 Å². The summed E-state index contributed by atoms with van der Waals surface area (Å²) in [6.07, 6.45) is 1.70. The topological polar surface area (TPSA) is 66.9 Å². The van der Waals surface area contributed by atoms with Crippen molar-refractivity contribution >= 4 is 22.4 Å². The first-order valence-electron chi connectivity index (χ1n) is 5.11. The highest BCUT2D eigenvalue weighted by atomic mass is 32.2. The zero-order valence-corrected chi connectivity index (χ0v) is 10.9. The molecular formula is C10H18N4OS. The number of aromatic nitrogens is 2. The molecule has 0 aliphatic carbocycles. The van der Waals surface area contributed by atoms with Crippen LogP contribution >= 0.6 is 0 Å². The second-order valence-corrected chi connectivity index (χ2v) is 5.20. The summed E-state index contributed by atoms with van der Waals surface area (Å²) in [5.74, 6) is 2.85. The van der Waals surface area contributed by atoms with Crippen LogP contribution in [0.15, 0.2) is 6.07 Å². The fraction of sp³-hybridized carbons (Fsp3) is 0.600. The van der Waals surface area contributed by atoms with Crippen LogP contribution in [0.2, 0.25) is 0 Å². The molecule has 0 aromatic carbocycles. The summed E-state index contributed by atoms with van der Waals surface area (Å²) in [5.41, 5.74) is 0. The first-order valence-corrected chi connectivity index (χ1v) is 6.84. The highest BCUT2D eigenvalue weighted by Crippen LogP contribution is 2.11. The summed E-state index contributed by atoms with van der Waals surface area (Å²) < 4.78 is 11.1. The molecule has 0 aliphatic rings. The van der Waals surface area contributed by atoms with Crippen LogP contribution in [0.4, 0.5) is 11.6 Å². The second kappa shape index (κ2) is 5.79. The van der Waals surface area contributed by atoms with E-state index < -0.39 is 10.8 Å². The van der Waals surface area contributed by atoms with Crippen molar-refractivity contribution in [1.29, 1.82) is 0 Å². The summed E-state index contributed by atoms with van der Waals surface area (Å²) in [4.78, 5) is 8.47. The molecule has 1 rings (SSSR count). The molecule has 2 atom stereocenters. The van der Waals surface area contributed by atoms with Gasteiger partial charge in [-0.1, -0.05) is 0 Å². The quantitative estimate of drug-likeness (QED) is 0.806. The monoisotopic (exact) mass is 242 g/mol. The van der Waals surface area contributed by atoms with Crippen LogP contribution in [0.3, 0.4) is 0 Å². The number of rotatable bonds is 5. The zero-order chi connectivity index (χ0) is 12.1. The van der Waals surface area contributed by atoms with Crippen LogP contribution in [-0.4, -0.2) is 39.3 Å². The van der Waals surface area contributed by atoms with Crippen molar-refractivity contribution in [2.75, 3.05) is 29.7 Å². The van der Waals surface area contributed by atoms with E-state index in [1.54, 1.807) is 6.26 Å². The Bertz CT molecular complexity index is 383. The SMILES string of the molecule is CNc1cc(NC(C)CS(C)=O)nc(C)n1. The molecule has 0 bridgehead atoms. The van der Waals surface area contributed by atoms with Gasteiger partial charge >= 0.3 is 0 Å². The normalized spacial score (nSPS) is 14.2. The molecule has 0 aliphatic heterocycles. The number of hydrogen-bond acceptors (Lipinski definition) is 5. The Morgan fingerprint density at radius 3 is 2.62 bits per heavy atom. The largest absolute Gasteiger partial charge is 0.373 e. The van der Waals surface area contributed by atoms with Crippen molar-refractivity contribution < 1.29 is 4.21 Å². The van der Waals surface area contributed by atoms with Gasteiger partial charge in [0.05, 0.1) is 0 Å². The molecule has 0 radical (unpaired) electrons. The van der Waals surface area contributed by atoms with Gasteiger partial charge in [-0.25, -0.2) is 9.97 Å². The molecule has 1 aromatic heterocycles. The van der Waals surface area contributed by atoms with Crippen molar-refractivity contribution in [2.45, 2.75) is 19.9 Å². The average molecular weight is 242 g/mol. The molecule has 0 saturated heterocycles. The van der Waals surface area contributed by atoms with Crippen LogP contribution in [-0.2, 0) is 10.8 Å². The lowest BCUT2D eigenvalue weighted by Gasteiger charge is -2.14. The maximum atomic E-state index is 11.1. The third kappa shape index (κ3) is 4.14. The number of aryl methyl sites for hydroxylation is 1. The number of nitrogens with zero attached hydrogens (tertiary/aromatic N) is 2. The molecule has 1 heterocycles. The fourth-order valence-electron chi connectivity index (χ4n) is 1.42. The van der Waals surface area contributed by atoms with Gasteiger partial charge in [-0.05, 0) is 13.8 Å². The predicted octanol–water partition coefficient (Wildman–Crippen LogP) is 1.01. The summed E-state index contributed by atoms with van der Waals surface area (Å²) in [7, 11) is 1.01. The van der Waals surface area contributed by atoms with E-state index in [1.165, 1.54) is 0 Å². The van der Waals surface area contributed by atoms with Gasteiger partial charge < -0.3 is 10.6 Å². The third-order valence-electron chi connectivity index (χ3n) is 1.97. The minimum atomic E-state index is -0.803. The minimum absolute atomic E-state index is 0.129. The summed E-state index contributed by atoms with van der Waals surface area (Å²) >= 11 is 0. The van der Waals surface area contributed by atoms with E-state index in [2.05, 4.69) is 20.6 Å². The maximum absolute atomic E-state index is 11.1. The van der Waals surface area contributed by atoms with Gasteiger partial charge in [-0.3, -0.25) is 4.21 Å². The van der Waals surface area contributed by atoms with Gasteiger partial charge in [0.15, 0.2) is 0 Å². The van der Waals surface area contributed by atoms with Crippen LogP contribution in [0, 0.1) is 6.92 Å². The number of anilines is 2. The Hall–Kier alpha value is -1.17. The summed E-state index contributed by atoms with van der Waals surface area (Å²) in [6, 6.07) is 1.96. The lowest BCUT2D eigenvalue weighted by Crippen LogP contribution is -2.23.